The number of nitrogens with zero attached hydrogens (tertiary/aromatic N) is 5. The molecule has 2 aromatic heterocycles. The highest BCUT2D eigenvalue weighted by molar-refractivity contribution is 5.96. The molecule has 4 heterocycles. The predicted octanol–water partition coefficient (Wildman–Crippen LogP) is 6.13. The van der Waals surface area contributed by atoms with Crippen LogP contribution in [0.1, 0.15) is 78.2 Å². The average molecular weight is 610 g/mol. The first kappa shape index (κ1) is 30.1. The molecule has 2 saturated heterocycles. The van der Waals surface area contributed by atoms with Crippen molar-refractivity contribution in [2.24, 2.45) is 5.92 Å². The molecule has 11 heteroatoms. The van der Waals surface area contributed by atoms with Gasteiger partial charge in [0.25, 0.3) is 6.01 Å². The van der Waals surface area contributed by atoms with Crippen LogP contribution in [0.25, 0.3) is 0 Å². The molecule has 3 aromatic rings. The van der Waals surface area contributed by atoms with Gasteiger partial charge in [-0.2, -0.15) is 18.2 Å². The van der Waals surface area contributed by atoms with Crippen LogP contribution in [-0.4, -0.2) is 65.8 Å². The normalized spacial score (nSPS) is 18.9. The summed E-state index contributed by atoms with van der Waals surface area (Å²) in [6.45, 7) is 3.73. The molecular weight excluding hydrogens is 571 g/mol. The van der Waals surface area contributed by atoms with Crippen LogP contribution < -0.4 is 9.80 Å². The maximum absolute atomic E-state index is 13.9. The van der Waals surface area contributed by atoms with Crippen LogP contribution >= 0.6 is 0 Å². The number of amides is 1. The summed E-state index contributed by atoms with van der Waals surface area (Å²) in [5.41, 5.74) is 0.410. The van der Waals surface area contributed by atoms with Crippen LogP contribution in [-0.2, 0) is 17.4 Å². The monoisotopic (exact) mass is 609 g/mol. The maximum Gasteiger partial charge on any atom is 0.437 e. The fourth-order valence-corrected chi connectivity index (χ4v) is 6.73. The van der Waals surface area contributed by atoms with Crippen molar-refractivity contribution in [1.82, 2.24) is 14.9 Å². The third kappa shape index (κ3) is 6.76. The summed E-state index contributed by atoms with van der Waals surface area (Å²) in [5.74, 6) is -0.109. The molecule has 3 fully saturated rings. The molecule has 0 bridgehead atoms. The van der Waals surface area contributed by atoms with Crippen LogP contribution in [0.3, 0.4) is 0 Å². The van der Waals surface area contributed by atoms with Crippen molar-refractivity contribution in [1.29, 1.82) is 0 Å². The molecule has 1 aliphatic carbocycles. The summed E-state index contributed by atoms with van der Waals surface area (Å²) in [6.07, 6.45) is 2.96. The van der Waals surface area contributed by atoms with Gasteiger partial charge in [0.1, 0.15) is 5.82 Å². The van der Waals surface area contributed by atoms with Crippen molar-refractivity contribution in [3.05, 3.63) is 71.2 Å². The summed E-state index contributed by atoms with van der Waals surface area (Å²) in [4.78, 5) is 40.0. The minimum absolute atomic E-state index is 0.154. The Labute approximate surface area is 255 Å². The Kier molecular flexibility index (Phi) is 8.91. The number of piperidine rings is 1. The number of hydrogen-bond donors (Lipinski definition) is 0. The summed E-state index contributed by atoms with van der Waals surface area (Å²) in [5, 5.41) is 0. The molecule has 1 saturated carbocycles. The van der Waals surface area contributed by atoms with Crippen molar-refractivity contribution >= 4 is 23.5 Å². The van der Waals surface area contributed by atoms with Gasteiger partial charge in [-0.1, -0.05) is 49.2 Å². The van der Waals surface area contributed by atoms with E-state index in [1.807, 2.05) is 23.1 Å². The Hall–Kier alpha value is -3.89. The fourth-order valence-electron chi connectivity index (χ4n) is 6.73. The molecule has 234 valence electrons. The van der Waals surface area contributed by atoms with E-state index in [4.69, 9.17) is 4.42 Å². The first-order valence-electron chi connectivity index (χ1n) is 15.7. The first-order chi connectivity index (χ1) is 21.3. The molecule has 2 aliphatic heterocycles. The lowest BCUT2D eigenvalue weighted by molar-refractivity contribution is -0.141. The molecule has 3 aliphatic rings. The predicted molar refractivity (Wildman–Crippen MR) is 160 cm³/mol. The lowest BCUT2D eigenvalue weighted by atomic mass is 9.90. The fraction of sp³-hybridized carbons (Fsp3) is 0.515. The van der Waals surface area contributed by atoms with E-state index in [-0.39, 0.29) is 24.3 Å². The number of alkyl halides is 3. The van der Waals surface area contributed by atoms with E-state index >= 15 is 0 Å². The molecule has 0 N–H and O–H groups in total. The summed E-state index contributed by atoms with van der Waals surface area (Å²) in [7, 11) is 0. The number of rotatable bonds is 7. The van der Waals surface area contributed by atoms with Crippen LogP contribution in [0.4, 0.5) is 25.0 Å². The Bertz CT molecular complexity index is 1430. The number of anilines is 2. The van der Waals surface area contributed by atoms with Crippen molar-refractivity contribution in [2.45, 2.75) is 63.5 Å². The number of aromatic nitrogens is 2. The standard InChI is InChI=1S/C33H38F3N5O3/c34-33(35,36)30-29(44-32(38-30)41-17-13-25(14-18-41)24-7-2-1-3-8-24)27(42)21-23-11-12-28(37-22-23)39-15-6-16-40(20-19-39)31(43)26-9-4-5-10-26/h1-3,7-8,11-12,22,25-26H,4-6,9-10,13-21H2. The Morgan fingerprint density at radius 1 is 0.841 bits per heavy atom. The number of benzene rings is 1. The lowest BCUT2D eigenvalue weighted by Gasteiger charge is -2.31. The van der Waals surface area contributed by atoms with E-state index in [9.17, 15) is 22.8 Å². The van der Waals surface area contributed by atoms with E-state index < -0.39 is 23.4 Å². The number of halogens is 3. The molecule has 0 unspecified atom stereocenters. The third-order valence-electron chi connectivity index (χ3n) is 9.18. The third-order valence-corrected chi connectivity index (χ3v) is 9.18. The van der Waals surface area contributed by atoms with Gasteiger partial charge in [-0.25, -0.2) is 4.98 Å². The van der Waals surface area contributed by atoms with Gasteiger partial charge in [-0.05, 0) is 55.2 Å². The molecule has 0 atom stereocenters. The SMILES string of the molecule is O=C(Cc1ccc(N2CCCN(C(=O)C3CCCC3)CC2)nc1)c1oc(N2CCC(c3ccccc3)CC2)nc1C(F)(F)F. The lowest BCUT2D eigenvalue weighted by Crippen LogP contribution is -2.38. The van der Waals surface area contributed by atoms with Gasteiger partial charge in [0.2, 0.25) is 17.5 Å². The highest BCUT2D eigenvalue weighted by Gasteiger charge is 2.42. The Morgan fingerprint density at radius 2 is 1.59 bits per heavy atom. The van der Waals surface area contributed by atoms with Gasteiger partial charge in [0, 0.05) is 57.8 Å². The quantitative estimate of drug-likeness (QED) is 0.298. The topological polar surface area (TPSA) is 82.8 Å². The summed E-state index contributed by atoms with van der Waals surface area (Å²) < 4.78 is 47.3. The van der Waals surface area contributed by atoms with E-state index in [0.717, 1.165) is 58.0 Å². The smallest absolute Gasteiger partial charge is 0.420 e. The van der Waals surface area contributed by atoms with E-state index in [0.29, 0.717) is 43.5 Å². The average Bonchev–Trinajstić information content (AvgIpc) is 3.68. The van der Waals surface area contributed by atoms with Gasteiger partial charge < -0.3 is 19.1 Å². The molecule has 44 heavy (non-hydrogen) atoms. The molecule has 8 nitrogen and oxygen atoms in total. The van der Waals surface area contributed by atoms with E-state index in [1.165, 1.54) is 11.8 Å². The number of pyridine rings is 1. The van der Waals surface area contributed by atoms with Crippen molar-refractivity contribution in [3.63, 3.8) is 0 Å². The molecule has 6 rings (SSSR count). The van der Waals surface area contributed by atoms with Gasteiger partial charge in [-0.3, -0.25) is 9.59 Å². The molecule has 1 aromatic carbocycles. The number of carbonyl (C=O) groups excluding carboxylic acids is 2. The van der Waals surface area contributed by atoms with Crippen molar-refractivity contribution in [2.75, 3.05) is 49.1 Å². The first-order valence-corrected chi connectivity index (χ1v) is 15.7. The maximum atomic E-state index is 13.9. The van der Waals surface area contributed by atoms with Crippen LogP contribution in [0.15, 0.2) is 53.1 Å². The van der Waals surface area contributed by atoms with Gasteiger partial charge in [-0.15, -0.1) is 0 Å². The zero-order chi connectivity index (χ0) is 30.7. The minimum atomic E-state index is -4.82. The number of carbonyl (C=O) groups is 2. The number of hydrogen-bond acceptors (Lipinski definition) is 7. The van der Waals surface area contributed by atoms with Gasteiger partial charge in [0.15, 0.2) is 5.69 Å². The number of oxazole rings is 1. The summed E-state index contributed by atoms with van der Waals surface area (Å²) in [6, 6.07) is 13.4. The van der Waals surface area contributed by atoms with Gasteiger partial charge in [0.05, 0.1) is 0 Å². The van der Waals surface area contributed by atoms with Crippen LogP contribution in [0.5, 0.6) is 0 Å². The van der Waals surface area contributed by atoms with E-state index in [2.05, 4.69) is 27.0 Å². The zero-order valence-corrected chi connectivity index (χ0v) is 24.8. The number of Topliss-reactive ketones (excluding diaryl/α,β-unsaturated/α-hetero) is 1. The second kappa shape index (κ2) is 13.0. The highest BCUT2D eigenvalue weighted by atomic mass is 19.4. The van der Waals surface area contributed by atoms with Crippen LogP contribution in [0, 0.1) is 5.92 Å². The molecule has 0 spiro atoms. The second-order valence-corrected chi connectivity index (χ2v) is 12.1. The largest absolute Gasteiger partial charge is 0.437 e. The summed E-state index contributed by atoms with van der Waals surface area (Å²) >= 11 is 0. The molecular formula is C33H38F3N5O3. The molecule has 0 radical (unpaired) electrons. The van der Waals surface area contributed by atoms with Crippen molar-refractivity contribution < 1.29 is 27.2 Å². The minimum Gasteiger partial charge on any atom is -0.420 e. The zero-order valence-electron chi connectivity index (χ0n) is 24.8. The van der Waals surface area contributed by atoms with Gasteiger partial charge >= 0.3 is 6.18 Å². The Balaban J connectivity index is 1.08. The van der Waals surface area contributed by atoms with Crippen LogP contribution in [0.2, 0.25) is 0 Å². The van der Waals surface area contributed by atoms with E-state index in [1.54, 1.807) is 17.0 Å². The highest BCUT2D eigenvalue weighted by Crippen LogP contribution is 2.37. The molecule has 1 amide bonds. The Morgan fingerprint density at radius 3 is 2.27 bits per heavy atom. The second-order valence-electron chi connectivity index (χ2n) is 12.1. The number of ketones is 1. The van der Waals surface area contributed by atoms with Crippen molar-refractivity contribution in [3.8, 4) is 0 Å².